The Kier molecular flexibility index (Phi) is 6.37. The van der Waals surface area contributed by atoms with Gasteiger partial charge in [0.2, 0.25) is 0 Å². The van der Waals surface area contributed by atoms with E-state index in [0.29, 0.717) is 0 Å². The molecule has 102 valence electrons. The molecule has 1 aromatic carbocycles. The third-order valence-corrected chi connectivity index (χ3v) is 3.51. The molecule has 2 heteroatoms. The van der Waals surface area contributed by atoms with Gasteiger partial charge >= 0.3 is 0 Å². The van der Waals surface area contributed by atoms with Gasteiger partial charge in [-0.25, -0.2) is 0 Å². The smallest absolute Gasteiger partial charge is 0.0497 e. The average molecular weight is 249 g/mol. The molecule has 0 saturated carbocycles. The molecule has 1 N–H and O–H groups in total. The fourth-order valence-corrected chi connectivity index (χ4v) is 2.51. The summed E-state index contributed by atoms with van der Waals surface area (Å²) in [4.78, 5) is 2.33. The van der Waals surface area contributed by atoms with E-state index in [0.717, 1.165) is 32.4 Å². The summed E-state index contributed by atoms with van der Waals surface area (Å²) in [5, 5.41) is 9.52. The summed E-state index contributed by atoms with van der Waals surface area (Å²) in [6.07, 6.45) is 3.29. The van der Waals surface area contributed by atoms with E-state index in [2.05, 4.69) is 56.1 Å². The number of likely N-dealkylation sites (N-methyl/N-ethyl adjacent to an activating group) is 1. The summed E-state index contributed by atoms with van der Waals surface area (Å²) >= 11 is 0. The third kappa shape index (κ3) is 5.19. The van der Waals surface area contributed by atoms with Gasteiger partial charge in [-0.15, -0.1) is 0 Å². The molecular formula is C16H27NO. The normalized spacial score (nSPS) is 14.7. The second-order valence-corrected chi connectivity index (χ2v) is 5.69. The molecule has 1 aromatic rings. The molecule has 1 atom stereocenters. The van der Waals surface area contributed by atoms with Crippen molar-refractivity contribution in [2.45, 2.75) is 33.1 Å². The number of aliphatic hydroxyl groups is 1. The highest BCUT2D eigenvalue weighted by Gasteiger charge is 2.23. The van der Waals surface area contributed by atoms with E-state index in [1.54, 1.807) is 0 Å². The van der Waals surface area contributed by atoms with Crippen molar-refractivity contribution in [3.05, 3.63) is 35.9 Å². The van der Waals surface area contributed by atoms with Crippen LogP contribution >= 0.6 is 0 Å². The highest BCUT2D eigenvalue weighted by Crippen LogP contribution is 2.23. The van der Waals surface area contributed by atoms with Crippen molar-refractivity contribution in [3.63, 3.8) is 0 Å². The summed E-state index contributed by atoms with van der Waals surface area (Å²) in [6, 6.07) is 10.6. The highest BCUT2D eigenvalue weighted by atomic mass is 16.3. The van der Waals surface area contributed by atoms with Gasteiger partial charge in [-0.3, -0.25) is 0 Å². The average Bonchev–Trinajstić information content (AvgIpc) is 2.38. The lowest BCUT2D eigenvalue weighted by molar-refractivity contribution is 0.0908. The molecule has 0 aliphatic carbocycles. The minimum Gasteiger partial charge on any atom is -0.396 e. The van der Waals surface area contributed by atoms with Crippen LogP contribution < -0.4 is 0 Å². The van der Waals surface area contributed by atoms with Crippen LogP contribution in [0.2, 0.25) is 0 Å². The van der Waals surface area contributed by atoms with Crippen LogP contribution in [0.25, 0.3) is 0 Å². The van der Waals surface area contributed by atoms with Crippen LogP contribution in [0, 0.1) is 5.41 Å². The standard InChI is InChI=1S/C16H27NO/c1-4-11-16(2,14-18)13-17(3)12-10-15-8-6-5-7-9-15/h5-9,18H,4,10-14H2,1-3H3. The Morgan fingerprint density at radius 1 is 1.22 bits per heavy atom. The predicted molar refractivity (Wildman–Crippen MR) is 77.7 cm³/mol. The molecule has 0 aliphatic rings. The van der Waals surface area contributed by atoms with Crippen LogP contribution in [-0.4, -0.2) is 36.8 Å². The summed E-state index contributed by atoms with van der Waals surface area (Å²) in [5.74, 6) is 0. The van der Waals surface area contributed by atoms with E-state index >= 15 is 0 Å². The van der Waals surface area contributed by atoms with Gasteiger partial charge < -0.3 is 10.0 Å². The topological polar surface area (TPSA) is 23.5 Å². The number of aliphatic hydroxyl groups excluding tert-OH is 1. The molecule has 0 aromatic heterocycles. The zero-order valence-corrected chi connectivity index (χ0v) is 12.0. The lowest BCUT2D eigenvalue weighted by Gasteiger charge is -2.32. The van der Waals surface area contributed by atoms with Crippen LogP contribution in [0.3, 0.4) is 0 Å². The Morgan fingerprint density at radius 3 is 2.44 bits per heavy atom. The first-order valence-corrected chi connectivity index (χ1v) is 6.93. The maximum absolute atomic E-state index is 9.52. The van der Waals surface area contributed by atoms with Gasteiger partial charge in [-0.05, 0) is 25.5 Å². The number of hydrogen-bond donors (Lipinski definition) is 1. The minimum atomic E-state index is 0.0419. The van der Waals surface area contributed by atoms with Crippen LogP contribution in [0.1, 0.15) is 32.3 Å². The monoisotopic (exact) mass is 249 g/mol. The van der Waals surface area contributed by atoms with Gasteiger partial charge in [0.05, 0.1) is 0 Å². The third-order valence-electron chi connectivity index (χ3n) is 3.51. The minimum absolute atomic E-state index is 0.0419. The molecule has 0 spiro atoms. The fraction of sp³-hybridized carbons (Fsp3) is 0.625. The Balaban J connectivity index is 2.39. The van der Waals surface area contributed by atoms with E-state index in [1.807, 2.05) is 0 Å². The van der Waals surface area contributed by atoms with E-state index in [1.165, 1.54) is 5.56 Å². The molecule has 0 heterocycles. The summed E-state index contributed by atoms with van der Waals surface area (Å²) in [7, 11) is 2.15. The molecular weight excluding hydrogens is 222 g/mol. The lowest BCUT2D eigenvalue weighted by atomic mass is 9.86. The summed E-state index contributed by atoms with van der Waals surface area (Å²) < 4.78 is 0. The number of nitrogens with zero attached hydrogens (tertiary/aromatic N) is 1. The van der Waals surface area contributed by atoms with Crippen molar-refractivity contribution in [1.29, 1.82) is 0 Å². The van der Waals surface area contributed by atoms with Crippen LogP contribution in [0.15, 0.2) is 30.3 Å². The quantitative estimate of drug-likeness (QED) is 0.765. The van der Waals surface area contributed by atoms with E-state index in [-0.39, 0.29) is 12.0 Å². The van der Waals surface area contributed by atoms with E-state index in [4.69, 9.17) is 0 Å². The Morgan fingerprint density at radius 2 is 1.89 bits per heavy atom. The maximum Gasteiger partial charge on any atom is 0.0497 e. The highest BCUT2D eigenvalue weighted by molar-refractivity contribution is 5.14. The summed E-state index contributed by atoms with van der Waals surface area (Å²) in [5.41, 5.74) is 1.42. The van der Waals surface area contributed by atoms with Gasteiger partial charge in [-0.1, -0.05) is 50.6 Å². The van der Waals surface area contributed by atoms with Crippen molar-refractivity contribution in [2.75, 3.05) is 26.7 Å². The van der Waals surface area contributed by atoms with Crippen molar-refractivity contribution < 1.29 is 5.11 Å². The lowest BCUT2D eigenvalue weighted by Crippen LogP contribution is -2.37. The van der Waals surface area contributed by atoms with Crippen molar-refractivity contribution in [2.24, 2.45) is 5.41 Å². The fourth-order valence-electron chi connectivity index (χ4n) is 2.51. The molecule has 18 heavy (non-hydrogen) atoms. The van der Waals surface area contributed by atoms with Crippen LogP contribution in [0.5, 0.6) is 0 Å². The molecule has 0 aliphatic heterocycles. The van der Waals surface area contributed by atoms with Crippen molar-refractivity contribution in [1.82, 2.24) is 4.90 Å². The molecule has 2 nitrogen and oxygen atoms in total. The second-order valence-electron chi connectivity index (χ2n) is 5.69. The van der Waals surface area contributed by atoms with Gasteiger partial charge in [0.25, 0.3) is 0 Å². The van der Waals surface area contributed by atoms with Crippen molar-refractivity contribution in [3.8, 4) is 0 Å². The number of rotatable bonds is 8. The van der Waals surface area contributed by atoms with Crippen LogP contribution in [-0.2, 0) is 6.42 Å². The molecule has 1 rings (SSSR count). The molecule has 0 fully saturated rings. The molecule has 1 unspecified atom stereocenters. The largest absolute Gasteiger partial charge is 0.396 e. The molecule has 0 saturated heterocycles. The van der Waals surface area contributed by atoms with Crippen molar-refractivity contribution >= 4 is 0 Å². The van der Waals surface area contributed by atoms with E-state index < -0.39 is 0 Å². The first-order chi connectivity index (χ1) is 8.59. The predicted octanol–water partition coefficient (Wildman–Crippen LogP) is 2.96. The first kappa shape index (κ1) is 15.2. The van der Waals surface area contributed by atoms with Gasteiger partial charge in [0, 0.05) is 25.1 Å². The molecule has 0 radical (unpaired) electrons. The van der Waals surface area contributed by atoms with Crippen LogP contribution in [0.4, 0.5) is 0 Å². The van der Waals surface area contributed by atoms with Gasteiger partial charge in [0.1, 0.15) is 0 Å². The zero-order chi connectivity index (χ0) is 13.4. The first-order valence-electron chi connectivity index (χ1n) is 6.93. The zero-order valence-electron chi connectivity index (χ0n) is 12.0. The number of benzene rings is 1. The van der Waals surface area contributed by atoms with E-state index in [9.17, 15) is 5.11 Å². The Labute approximate surface area is 112 Å². The van der Waals surface area contributed by atoms with Gasteiger partial charge in [-0.2, -0.15) is 0 Å². The second kappa shape index (κ2) is 7.55. The number of hydrogen-bond acceptors (Lipinski definition) is 2. The molecule has 0 amide bonds. The maximum atomic E-state index is 9.52. The Hall–Kier alpha value is -0.860. The Bertz CT molecular complexity index is 325. The molecule has 0 bridgehead atoms. The van der Waals surface area contributed by atoms with Gasteiger partial charge in [0.15, 0.2) is 0 Å². The SMILES string of the molecule is CCCC(C)(CO)CN(C)CCc1ccccc1. The summed E-state index contributed by atoms with van der Waals surface area (Å²) in [6.45, 7) is 6.64.